The zero-order valence-corrected chi connectivity index (χ0v) is 13.7. The number of likely N-dealkylation sites (N-methyl/N-ethyl adjacent to an activating group) is 1. The number of carbonyl (C=O) groups excluding carboxylic acids is 1. The number of nitrogens with one attached hydrogen (secondary N) is 1. The maximum absolute atomic E-state index is 12.4. The SMILES string of the molecule is CN1C(=O)NC(C2C3CC4CC2CC(O)(C4)C3)C1(C)C1CC1. The average Bonchev–Trinajstić information content (AvgIpc) is 3.23. The lowest BCUT2D eigenvalue weighted by atomic mass is 9.47. The smallest absolute Gasteiger partial charge is 0.317 e. The fourth-order valence-corrected chi connectivity index (χ4v) is 7.05. The number of hydrogen-bond acceptors (Lipinski definition) is 2. The lowest BCUT2D eigenvalue weighted by Crippen LogP contribution is -2.63. The van der Waals surface area contributed by atoms with Gasteiger partial charge in [-0.2, -0.15) is 0 Å². The van der Waals surface area contributed by atoms with Crippen molar-refractivity contribution < 1.29 is 9.90 Å². The molecule has 2 N–H and O–H groups in total. The third-order valence-corrected chi connectivity index (χ3v) is 8.04. The molecule has 1 heterocycles. The van der Waals surface area contributed by atoms with Crippen LogP contribution in [0.2, 0.25) is 0 Å². The van der Waals surface area contributed by atoms with Crippen LogP contribution in [-0.2, 0) is 0 Å². The molecule has 0 aromatic carbocycles. The normalized spacial score (nSPS) is 56.6. The zero-order valence-electron chi connectivity index (χ0n) is 13.7. The molecule has 0 aromatic heterocycles. The average molecular weight is 304 g/mol. The molecule has 6 aliphatic rings. The van der Waals surface area contributed by atoms with Gasteiger partial charge >= 0.3 is 6.03 Å². The van der Waals surface area contributed by atoms with E-state index in [4.69, 9.17) is 0 Å². The molecule has 5 saturated carbocycles. The monoisotopic (exact) mass is 304 g/mol. The predicted molar refractivity (Wildman–Crippen MR) is 83.2 cm³/mol. The molecule has 6 fully saturated rings. The van der Waals surface area contributed by atoms with Crippen molar-refractivity contribution >= 4 is 6.03 Å². The third-order valence-electron chi connectivity index (χ3n) is 8.04. The van der Waals surface area contributed by atoms with Crippen LogP contribution in [0.15, 0.2) is 0 Å². The van der Waals surface area contributed by atoms with E-state index in [2.05, 4.69) is 12.2 Å². The second-order valence-electron chi connectivity index (χ2n) is 9.26. The van der Waals surface area contributed by atoms with Gasteiger partial charge in [-0.15, -0.1) is 0 Å². The van der Waals surface area contributed by atoms with E-state index < -0.39 is 0 Å². The molecule has 5 aliphatic carbocycles. The highest BCUT2D eigenvalue weighted by atomic mass is 16.3. The van der Waals surface area contributed by atoms with E-state index >= 15 is 0 Å². The Hall–Kier alpha value is -0.770. The van der Waals surface area contributed by atoms with Crippen molar-refractivity contribution in [2.24, 2.45) is 29.6 Å². The number of urea groups is 1. The standard InChI is InChI=1S/C18H28N2O2/c1-17(13-3-4-13)15(19-16(21)20(17)2)14-11-5-10-6-12(14)9-18(22,7-10)8-11/h10-15,22H,3-9H2,1-2H3,(H,19,21). The van der Waals surface area contributed by atoms with Crippen molar-refractivity contribution in [2.75, 3.05) is 7.05 Å². The zero-order chi connectivity index (χ0) is 15.3. The van der Waals surface area contributed by atoms with E-state index in [1.54, 1.807) is 0 Å². The topological polar surface area (TPSA) is 52.6 Å². The van der Waals surface area contributed by atoms with Gasteiger partial charge in [0.05, 0.1) is 17.2 Å². The van der Waals surface area contributed by atoms with Crippen LogP contribution in [0.25, 0.3) is 0 Å². The van der Waals surface area contributed by atoms with E-state index in [-0.39, 0.29) is 23.2 Å². The minimum atomic E-state index is -0.377. The maximum atomic E-state index is 12.4. The Kier molecular flexibility index (Phi) is 2.48. The van der Waals surface area contributed by atoms with Gasteiger partial charge in [0.25, 0.3) is 0 Å². The van der Waals surface area contributed by atoms with Crippen LogP contribution in [0, 0.1) is 29.6 Å². The van der Waals surface area contributed by atoms with Crippen LogP contribution >= 0.6 is 0 Å². The van der Waals surface area contributed by atoms with Crippen LogP contribution in [0.3, 0.4) is 0 Å². The second-order valence-corrected chi connectivity index (χ2v) is 9.26. The molecule has 1 saturated heterocycles. The number of hydrogen-bond donors (Lipinski definition) is 2. The molecule has 6 rings (SSSR count). The number of nitrogens with zero attached hydrogens (tertiary/aromatic N) is 1. The van der Waals surface area contributed by atoms with Crippen LogP contribution < -0.4 is 5.32 Å². The summed E-state index contributed by atoms with van der Waals surface area (Å²) in [5.74, 6) is 3.22. The first-order valence-corrected chi connectivity index (χ1v) is 9.17. The molecule has 4 heteroatoms. The summed E-state index contributed by atoms with van der Waals surface area (Å²) in [6.45, 7) is 2.31. The number of rotatable bonds is 2. The second kappa shape index (κ2) is 4.00. The first-order chi connectivity index (χ1) is 10.4. The van der Waals surface area contributed by atoms with Crippen molar-refractivity contribution in [3.63, 3.8) is 0 Å². The van der Waals surface area contributed by atoms with Crippen LogP contribution in [0.4, 0.5) is 4.79 Å². The highest BCUT2D eigenvalue weighted by molar-refractivity contribution is 5.78. The third kappa shape index (κ3) is 1.60. The molecule has 4 atom stereocenters. The van der Waals surface area contributed by atoms with Crippen LogP contribution in [-0.4, -0.2) is 40.3 Å². The van der Waals surface area contributed by atoms with E-state index in [1.807, 2.05) is 11.9 Å². The van der Waals surface area contributed by atoms with Crippen molar-refractivity contribution in [2.45, 2.75) is 69.1 Å². The molecule has 0 radical (unpaired) electrons. The summed E-state index contributed by atoms with van der Waals surface area (Å²) >= 11 is 0. The van der Waals surface area contributed by atoms with E-state index in [0.29, 0.717) is 23.7 Å². The van der Waals surface area contributed by atoms with Gasteiger partial charge in [0.1, 0.15) is 0 Å². The van der Waals surface area contributed by atoms with Gasteiger partial charge in [0.2, 0.25) is 0 Å². The van der Waals surface area contributed by atoms with E-state index in [1.165, 1.54) is 25.7 Å². The van der Waals surface area contributed by atoms with Crippen molar-refractivity contribution in [3.05, 3.63) is 0 Å². The Morgan fingerprint density at radius 3 is 2.36 bits per heavy atom. The maximum Gasteiger partial charge on any atom is 0.317 e. The minimum Gasteiger partial charge on any atom is -0.390 e. The molecule has 4 nitrogen and oxygen atoms in total. The summed E-state index contributed by atoms with van der Waals surface area (Å²) in [7, 11) is 1.98. The fourth-order valence-electron chi connectivity index (χ4n) is 7.05. The Morgan fingerprint density at radius 2 is 1.82 bits per heavy atom. The summed E-state index contributed by atoms with van der Waals surface area (Å²) in [5.41, 5.74) is -0.392. The van der Waals surface area contributed by atoms with Gasteiger partial charge in [-0.25, -0.2) is 4.79 Å². The quantitative estimate of drug-likeness (QED) is 0.823. The molecule has 0 spiro atoms. The first-order valence-electron chi connectivity index (χ1n) is 9.17. The van der Waals surface area contributed by atoms with E-state index in [9.17, 15) is 9.90 Å². The summed E-state index contributed by atoms with van der Waals surface area (Å²) in [6, 6.07) is 0.406. The summed E-state index contributed by atoms with van der Waals surface area (Å²) in [5, 5.41) is 14.2. The summed E-state index contributed by atoms with van der Waals surface area (Å²) in [6.07, 6.45) is 8.06. The Bertz CT molecular complexity index is 515. The Morgan fingerprint density at radius 1 is 1.18 bits per heavy atom. The molecule has 2 amide bonds. The van der Waals surface area contributed by atoms with Gasteiger partial charge in [0, 0.05) is 7.05 Å². The number of carbonyl (C=O) groups is 1. The van der Waals surface area contributed by atoms with Crippen LogP contribution in [0.1, 0.15) is 51.9 Å². The fraction of sp³-hybridized carbons (Fsp3) is 0.944. The van der Waals surface area contributed by atoms with Gasteiger partial charge in [-0.05, 0) is 81.5 Å². The van der Waals surface area contributed by atoms with Crippen molar-refractivity contribution in [1.82, 2.24) is 10.2 Å². The number of aliphatic hydroxyl groups is 1. The largest absolute Gasteiger partial charge is 0.390 e. The molecule has 1 aliphatic heterocycles. The lowest BCUT2D eigenvalue weighted by Gasteiger charge is -2.60. The molecular weight excluding hydrogens is 276 g/mol. The van der Waals surface area contributed by atoms with Crippen LogP contribution in [0.5, 0.6) is 0 Å². The molecule has 22 heavy (non-hydrogen) atoms. The van der Waals surface area contributed by atoms with Crippen molar-refractivity contribution in [3.8, 4) is 0 Å². The van der Waals surface area contributed by atoms with Gasteiger partial charge in [-0.3, -0.25) is 0 Å². The minimum absolute atomic E-state index is 0.0141. The Labute approximate surface area is 132 Å². The predicted octanol–water partition coefficient (Wildman–Crippen LogP) is 2.37. The molecule has 0 aromatic rings. The molecular formula is C18H28N2O2. The highest BCUT2D eigenvalue weighted by Crippen LogP contribution is 2.61. The molecule has 4 bridgehead atoms. The summed E-state index contributed by atoms with van der Waals surface area (Å²) < 4.78 is 0. The highest BCUT2D eigenvalue weighted by Gasteiger charge is 2.64. The first kappa shape index (κ1) is 13.6. The summed E-state index contributed by atoms with van der Waals surface area (Å²) in [4.78, 5) is 14.4. The molecule has 4 unspecified atom stereocenters. The lowest BCUT2D eigenvalue weighted by molar-refractivity contribution is -0.162. The number of amides is 2. The van der Waals surface area contributed by atoms with Gasteiger partial charge < -0.3 is 15.3 Å². The molecule has 122 valence electrons. The Balaban J connectivity index is 1.51. The van der Waals surface area contributed by atoms with Gasteiger partial charge in [-0.1, -0.05) is 0 Å². The van der Waals surface area contributed by atoms with Crippen molar-refractivity contribution in [1.29, 1.82) is 0 Å². The van der Waals surface area contributed by atoms with E-state index in [0.717, 1.165) is 25.2 Å². The van der Waals surface area contributed by atoms with Gasteiger partial charge in [0.15, 0.2) is 0 Å².